The number of aryl methyl sites for hydroxylation is 1. The first kappa shape index (κ1) is 18.9. The van der Waals surface area contributed by atoms with Gasteiger partial charge in [-0.2, -0.15) is 0 Å². The zero-order valence-corrected chi connectivity index (χ0v) is 17.0. The predicted octanol–water partition coefficient (Wildman–Crippen LogP) is 4.29. The standard InChI is InChI=1S/C23H35N3O/c1-19-8-9-21(16-24-19)22(27)26-15-12-23(18-26)11-5-13-25(17-23)14-10-20-6-3-2-4-7-20/h8-9,16,20H,2-7,10-15,17-18H2,1H3/t23-/m1/s1. The van der Waals surface area contributed by atoms with Crippen molar-refractivity contribution in [3.05, 3.63) is 29.6 Å². The molecule has 0 aromatic carbocycles. The van der Waals surface area contributed by atoms with Gasteiger partial charge in [0.2, 0.25) is 0 Å². The monoisotopic (exact) mass is 369 g/mol. The summed E-state index contributed by atoms with van der Waals surface area (Å²) in [5, 5.41) is 0. The highest BCUT2D eigenvalue weighted by Gasteiger charge is 2.42. The van der Waals surface area contributed by atoms with Gasteiger partial charge in [-0.1, -0.05) is 32.1 Å². The lowest BCUT2D eigenvalue weighted by Crippen LogP contribution is -2.45. The van der Waals surface area contributed by atoms with Crippen molar-refractivity contribution >= 4 is 5.91 Å². The lowest BCUT2D eigenvalue weighted by molar-refractivity contribution is 0.0674. The van der Waals surface area contributed by atoms with E-state index >= 15 is 0 Å². The molecule has 0 unspecified atom stereocenters. The molecule has 4 nitrogen and oxygen atoms in total. The number of hydrogen-bond acceptors (Lipinski definition) is 3. The molecule has 1 aliphatic carbocycles. The third-order valence-electron chi connectivity index (χ3n) is 7.20. The smallest absolute Gasteiger partial charge is 0.255 e. The van der Waals surface area contributed by atoms with Crippen molar-refractivity contribution in [3.63, 3.8) is 0 Å². The van der Waals surface area contributed by atoms with E-state index in [1.165, 1.54) is 71.0 Å². The van der Waals surface area contributed by atoms with Gasteiger partial charge in [-0.15, -0.1) is 0 Å². The average molecular weight is 370 g/mol. The molecule has 1 aromatic rings. The minimum Gasteiger partial charge on any atom is -0.338 e. The third-order valence-corrected chi connectivity index (χ3v) is 7.20. The molecule has 3 fully saturated rings. The topological polar surface area (TPSA) is 36.4 Å². The number of likely N-dealkylation sites (tertiary alicyclic amines) is 2. The van der Waals surface area contributed by atoms with Crippen LogP contribution in [0.3, 0.4) is 0 Å². The molecule has 1 amide bonds. The Balaban J connectivity index is 1.32. The van der Waals surface area contributed by atoms with Crippen molar-refractivity contribution in [2.45, 2.75) is 64.7 Å². The third kappa shape index (κ3) is 4.53. The molecule has 3 aliphatic rings. The molecule has 1 aromatic heterocycles. The van der Waals surface area contributed by atoms with Crippen LogP contribution in [0.2, 0.25) is 0 Å². The highest BCUT2D eigenvalue weighted by Crippen LogP contribution is 2.39. The highest BCUT2D eigenvalue weighted by atomic mass is 16.2. The van der Waals surface area contributed by atoms with Gasteiger partial charge >= 0.3 is 0 Å². The molecule has 1 spiro atoms. The van der Waals surface area contributed by atoms with Crippen molar-refractivity contribution in [2.75, 3.05) is 32.7 Å². The van der Waals surface area contributed by atoms with Gasteiger partial charge < -0.3 is 9.80 Å². The molecule has 2 aliphatic heterocycles. The van der Waals surface area contributed by atoms with Gasteiger partial charge in [0.05, 0.1) is 5.56 Å². The van der Waals surface area contributed by atoms with Gasteiger partial charge in [-0.3, -0.25) is 9.78 Å². The summed E-state index contributed by atoms with van der Waals surface area (Å²) < 4.78 is 0. The average Bonchev–Trinajstić information content (AvgIpc) is 3.10. The number of carbonyl (C=O) groups excluding carboxylic acids is 1. The molecule has 148 valence electrons. The maximum absolute atomic E-state index is 12.9. The Morgan fingerprint density at radius 2 is 1.96 bits per heavy atom. The lowest BCUT2D eigenvalue weighted by Gasteiger charge is -2.41. The molecule has 0 bridgehead atoms. The second kappa shape index (κ2) is 8.30. The Kier molecular flexibility index (Phi) is 5.82. The number of pyridine rings is 1. The van der Waals surface area contributed by atoms with Crippen LogP contribution in [0.25, 0.3) is 0 Å². The number of carbonyl (C=O) groups is 1. The van der Waals surface area contributed by atoms with Crippen LogP contribution < -0.4 is 0 Å². The van der Waals surface area contributed by atoms with E-state index in [0.29, 0.717) is 5.41 Å². The molecule has 3 heterocycles. The largest absolute Gasteiger partial charge is 0.338 e. The van der Waals surface area contributed by atoms with E-state index in [4.69, 9.17) is 0 Å². The fourth-order valence-corrected chi connectivity index (χ4v) is 5.56. The summed E-state index contributed by atoms with van der Waals surface area (Å²) in [6.07, 6.45) is 14.1. The van der Waals surface area contributed by atoms with Crippen LogP contribution in [-0.2, 0) is 0 Å². The fraction of sp³-hybridized carbons (Fsp3) is 0.739. The Labute approximate surface area is 164 Å². The van der Waals surface area contributed by atoms with Crippen molar-refractivity contribution in [1.29, 1.82) is 0 Å². The van der Waals surface area contributed by atoms with Gasteiger partial charge in [0.25, 0.3) is 5.91 Å². The summed E-state index contributed by atoms with van der Waals surface area (Å²) in [4.78, 5) is 22.0. The maximum Gasteiger partial charge on any atom is 0.255 e. The van der Waals surface area contributed by atoms with Crippen molar-refractivity contribution < 1.29 is 4.79 Å². The van der Waals surface area contributed by atoms with Gasteiger partial charge in [-0.05, 0) is 63.7 Å². The molecular weight excluding hydrogens is 334 g/mol. The van der Waals surface area contributed by atoms with E-state index in [1.54, 1.807) is 6.20 Å². The van der Waals surface area contributed by atoms with Crippen molar-refractivity contribution in [3.8, 4) is 0 Å². The second-order valence-electron chi connectivity index (χ2n) is 9.34. The summed E-state index contributed by atoms with van der Waals surface area (Å²) in [5.74, 6) is 1.13. The molecule has 2 saturated heterocycles. The van der Waals surface area contributed by atoms with Gasteiger partial charge in [-0.25, -0.2) is 0 Å². The van der Waals surface area contributed by atoms with Crippen LogP contribution in [0.1, 0.15) is 73.8 Å². The van der Waals surface area contributed by atoms with Gasteiger partial charge in [0, 0.05) is 36.9 Å². The number of piperidine rings is 1. The normalized spacial score (nSPS) is 27.4. The SMILES string of the molecule is Cc1ccc(C(=O)N2CC[C@@]3(CCCN(CCC4CCCCC4)C3)C2)cn1. The van der Waals surface area contributed by atoms with E-state index in [2.05, 4.69) is 14.8 Å². The zero-order chi connectivity index (χ0) is 18.7. The zero-order valence-electron chi connectivity index (χ0n) is 17.0. The summed E-state index contributed by atoms with van der Waals surface area (Å²) >= 11 is 0. The number of rotatable bonds is 4. The summed E-state index contributed by atoms with van der Waals surface area (Å²) in [6, 6.07) is 3.86. The molecule has 0 N–H and O–H groups in total. The van der Waals surface area contributed by atoms with Crippen LogP contribution in [0.15, 0.2) is 18.3 Å². The summed E-state index contributed by atoms with van der Waals surface area (Å²) in [6.45, 7) is 7.51. The molecule has 4 rings (SSSR count). The van der Waals surface area contributed by atoms with Crippen LogP contribution >= 0.6 is 0 Å². The first-order valence-electron chi connectivity index (χ1n) is 11.1. The quantitative estimate of drug-likeness (QED) is 0.794. The first-order valence-corrected chi connectivity index (χ1v) is 11.1. The van der Waals surface area contributed by atoms with Crippen LogP contribution in [0.5, 0.6) is 0 Å². The maximum atomic E-state index is 12.9. The van der Waals surface area contributed by atoms with E-state index in [1.807, 2.05) is 19.1 Å². The number of aromatic nitrogens is 1. The lowest BCUT2D eigenvalue weighted by atomic mass is 9.79. The number of nitrogens with zero attached hydrogens (tertiary/aromatic N) is 3. The van der Waals surface area contributed by atoms with Crippen LogP contribution in [-0.4, -0.2) is 53.4 Å². The Morgan fingerprint density at radius 1 is 1.11 bits per heavy atom. The second-order valence-corrected chi connectivity index (χ2v) is 9.34. The van der Waals surface area contributed by atoms with E-state index in [-0.39, 0.29) is 5.91 Å². The summed E-state index contributed by atoms with van der Waals surface area (Å²) in [5.41, 5.74) is 2.03. The van der Waals surface area contributed by atoms with Crippen LogP contribution in [0.4, 0.5) is 0 Å². The van der Waals surface area contributed by atoms with Gasteiger partial charge in [0.15, 0.2) is 0 Å². The van der Waals surface area contributed by atoms with Crippen molar-refractivity contribution in [1.82, 2.24) is 14.8 Å². The molecule has 1 atom stereocenters. The van der Waals surface area contributed by atoms with Gasteiger partial charge in [0.1, 0.15) is 0 Å². The molecule has 4 heteroatoms. The molecule has 27 heavy (non-hydrogen) atoms. The molecular formula is C23H35N3O. The first-order chi connectivity index (χ1) is 13.1. The predicted molar refractivity (Wildman–Crippen MR) is 109 cm³/mol. The Hall–Kier alpha value is -1.42. The number of amides is 1. The molecule has 0 radical (unpaired) electrons. The minimum absolute atomic E-state index is 0.165. The minimum atomic E-state index is 0.165. The van der Waals surface area contributed by atoms with E-state index < -0.39 is 0 Å². The fourth-order valence-electron chi connectivity index (χ4n) is 5.56. The van der Waals surface area contributed by atoms with E-state index in [9.17, 15) is 4.79 Å². The molecule has 1 saturated carbocycles. The highest BCUT2D eigenvalue weighted by molar-refractivity contribution is 5.94. The Morgan fingerprint density at radius 3 is 2.74 bits per heavy atom. The van der Waals surface area contributed by atoms with Crippen molar-refractivity contribution in [2.24, 2.45) is 11.3 Å². The van der Waals surface area contributed by atoms with Crippen LogP contribution in [0, 0.1) is 18.3 Å². The van der Waals surface area contributed by atoms with E-state index in [0.717, 1.165) is 36.7 Å². The summed E-state index contributed by atoms with van der Waals surface area (Å²) in [7, 11) is 0. The Bertz CT molecular complexity index is 638. The number of hydrogen-bond donors (Lipinski definition) is 0.